The predicted molar refractivity (Wildman–Crippen MR) is 69.7 cm³/mol. The highest BCUT2D eigenvalue weighted by atomic mass is 19.1. The second kappa shape index (κ2) is 5.61. The van der Waals surface area contributed by atoms with Gasteiger partial charge >= 0.3 is 0 Å². The number of halogens is 1. The lowest BCUT2D eigenvalue weighted by Gasteiger charge is -2.34. The quantitative estimate of drug-likeness (QED) is 0.891. The summed E-state index contributed by atoms with van der Waals surface area (Å²) in [5.74, 6) is -0.191. The first-order chi connectivity index (χ1) is 8.68. The zero-order chi connectivity index (χ0) is 13.0. The van der Waals surface area contributed by atoms with Crippen LogP contribution in [0.3, 0.4) is 0 Å². The normalized spacial score (nSPS) is 18.6. The lowest BCUT2D eigenvalue weighted by molar-refractivity contribution is -0.129. The van der Waals surface area contributed by atoms with E-state index in [1.165, 1.54) is 12.5 Å². The molecule has 0 heterocycles. The van der Waals surface area contributed by atoms with E-state index < -0.39 is 5.41 Å². The molecule has 2 rings (SSSR count). The molecule has 0 saturated heterocycles. The van der Waals surface area contributed by atoms with Gasteiger partial charge in [-0.05, 0) is 24.5 Å². The number of carbonyl (C=O) groups excluding carboxylic acids is 1. The first kappa shape index (κ1) is 13.2. The Labute approximate surface area is 107 Å². The molecular weight excluding hydrogens is 229 g/mol. The standard InChI is InChI=1S/C15H20FNO/c16-13-7-3-2-6-12(13)10-14(18)15(11-17)8-4-1-5-9-15/h2-3,6-7H,1,4-5,8-11,17H2. The molecule has 1 aromatic carbocycles. The van der Waals surface area contributed by atoms with Gasteiger partial charge in [-0.2, -0.15) is 0 Å². The molecule has 1 aliphatic rings. The Kier molecular flexibility index (Phi) is 4.12. The molecule has 0 aromatic heterocycles. The topological polar surface area (TPSA) is 43.1 Å². The fraction of sp³-hybridized carbons (Fsp3) is 0.533. The van der Waals surface area contributed by atoms with Gasteiger partial charge in [0.1, 0.15) is 11.6 Å². The molecule has 1 saturated carbocycles. The fourth-order valence-corrected chi connectivity index (χ4v) is 2.83. The summed E-state index contributed by atoms with van der Waals surface area (Å²) in [6.07, 6.45) is 5.17. The number of nitrogens with two attached hydrogens (primary N) is 1. The summed E-state index contributed by atoms with van der Waals surface area (Å²) < 4.78 is 13.6. The second-order valence-electron chi connectivity index (χ2n) is 5.24. The number of rotatable bonds is 4. The summed E-state index contributed by atoms with van der Waals surface area (Å²) in [5.41, 5.74) is 5.90. The van der Waals surface area contributed by atoms with Gasteiger partial charge in [-0.1, -0.05) is 37.5 Å². The Morgan fingerprint density at radius 3 is 2.50 bits per heavy atom. The van der Waals surface area contributed by atoms with Crippen molar-refractivity contribution in [2.45, 2.75) is 38.5 Å². The van der Waals surface area contributed by atoms with Crippen LogP contribution in [0.5, 0.6) is 0 Å². The van der Waals surface area contributed by atoms with Crippen LogP contribution in [0, 0.1) is 11.2 Å². The molecule has 0 aliphatic heterocycles. The predicted octanol–water partition coefficient (Wildman–Crippen LogP) is 2.85. The highest BCUT2D eigenvalue weighted by Crippen LogP contribution is 2.37. The fourth-order valence-electron chi connectivity index (χ4n) is 2.83. The molecule has 2 N–H and O–H groups in total. The van der Waals surface area contributed by atoms with E-state index in [1.807, 2.05) is 0 Å². The average molecular weight is 249 g/mol. The maximum absolute atomic E-state index is 13.6. The van der Waals surface area contributed by atoms with Crippen molar-refractivity contribution in [3.8, 4) is 0 Å². The van der Waals surface area contributed by atoms with Gasteiger partial charge in [-0.15, -0.1) is 0 Å². The molecule has 0 amide bonds. The lowest BCUT2D eigenvalue weighted by atomic mass is 9.70. The van der Waals surface area contributed by atoms with Gasteiger partial charge in [0.05, 0.1) is 0 Å². The van der Waals surface area contributed by atoms with Crippen LogP contribution in [0.2, 0.25) is 0 Å². The summed E-state index contributed by atoms with van der Waals surface area (Å²) in [7, 11) is 0. The third kappa shape index (κ3) is 2.61. The highest BCUT2D eigenvalue weighted by molar-refractivity contribution is 5.87. The molecule has 0 bridgehead atoms. The zero-order valence-corrected chi connectivity index (χ0v) is 10.6. The van der Waals surface area contributed by atoms with E-state index in [0.29, 0.717) is 12.1 Å². The van der Waals surface area contributed by atoms with Gasteiger partial charge in [0, 0.05) is 18.4 Å². The number of hydrogen-bond donors (Lipinski definition) is 1. The van der Waals surface area contributed by atoms with Crippen LogP contribution >= 0.6 is 0 Å². The largest absolute Gasteiger partial charge is 0.329 e. The Bertz CT molecular complexity index is 424. The molecule has 1 aliphatic carbocycles. The van der Waals surface area contributed by atoms with Crippen molar-refractivity contribution in [2.75, 3.05) is 6.54 Å². The number of Topliss-reactive ketones (excluding diaryl/α,β-unsaturated/α-hetero) is 1. The SMILES string of the molecule is NCC1(C(=O)Cc2ccccc2F)CCCCC1. The molecule has 1 fully saturated rings. The van der Waals surface area contributed by atoms with Crippen molar-refractivity contribution < 1.29 is 9.18 Å². The van der Waals surface area contributed by atoms with Gasteiger partial charge < -0.3 is 5.73 Å². The molecule has 0 spiro atoms. The van der Waals surface area contributed by atoms with E-state index in [0.717, 1.165) is 25.7 Å². The Morgan fingerprint density at radius 1 is 1.22 bits per heavy atom. The summed E-state index contributed by atoms with van der Waals surface area (Å²) in [4.78, 5) is 12.4. The molecule has 98 valence electrons. The molecule has 0 unspecified atom stereocenters. The van der Waals surface area contributed by atoms with Crippen LogP contribution in [0.15, 0.2) is 24.3 Å². The van der Waals surface area contributed by atoms with Crippen molar-refractivity contribution in [3.05, 3.63) is 35.6 Å². The summed E-state index contributed by atoms with van der Waals surface area (Å²) in [5, 5.41) is 0. The molecule has 18 heavy (non-hydrogen) atoms. The summed E-state index contributed by atoms with van der Waals surface area (Å²) >= 11 is 0. The minimum absolute atomic E-state index is 0.106. The van der Waals surface area contributed by atoms with E-state index in [9.17, 15) is 9.18 Å². The minimum Gasteiger partial charge on any atom is -0.329 e. The van der Waals surface area contributed by atoms with E-state index in [4.69, 9.17) is 5.73 Å². The molecule has 1 aromatic rings. The van der Waals surface area contributed by atoms with Crippen LogP contribution < -0.4 is 5.73 Å². The first-order valence-electron chi connectivity index (χ1n) is 6.65. The van der Waals surface area contributed by atoms with Gasteiger partial charge in [0.15, 0.2) is 0 Å². The van der Waals surface area contributed by atoms with E-state index >= 15 is 0 Å². The Balaban J connectivity index is 2.13. The Hall–Kier alpha value is -1.22. The van der Waals surface area contributed by atoms with Gasteiger partial charge in [0.2, 0.25) is 0 Å². The highest BCUT2D eigenvalue weighted by Gasteiger charge is 2.37. The Morgan fingerprint density at radius 2 is 1.89 bits per heavy atom. The van der Waals surface area contributed by atoms with Crippen molar-refractivity contribution in [3.63, 3.8) is 0 Å². The van der Waals surface area contributed by atoms with E-state index in [1.54, 1.807) is 18.2 Å². The molecule has 0 atom stereocenters. The smallest absolute Gasteiger partial charge is 0.144 e. The van der Waals surface area contributed by atoms with Crippen LogP contribution in [-0.4, -0.2) is 12.3 Å². The zero-order valence-electron chi connectivity index (χ0n) is 10.6. The second-order valence-corrected chi connectivity index (χ2v) is 5.24. The van der Waals surface area contributed by atoms with Crippen molar-refractivity contribution in [2.24, 2.45) is 11.1 Å². The van der Waals surface area contributed by atoms with E-state index in [2.05, 4.69) is 0 Å². The van der Waals surface area contributed by atoms with Gasteiger partial charge in [0.25, 0.3) is 0 Å². The summed E-state index contributed by atoms with van der Waals surface area (Å²) in [6.45, 7) is 0.389. The van der Waals surface area contributed by atoms with Crippen LogP contribution in [-0.2, 0) is 11.2 Å². The average Bonchev–Trinajstić information content (AvgIpc) is 2.42. The maximum atomic E-state index is 13.6. The summed E-state index contributed by atoms with van der Waals surface area (Å²) in [6, 6.07) is 6.49. The van der Waals surface area contributed by atoms with Crippen molar-refractivity contribution in [1.82, 2.24) is 0 Å². The van der Waals surface area contributed by atoms with Crippen LogP contribution in [0.25, 0.3) is 0 Å². The first-order valence-corrected chi connectivity index (χ1v) is 6.65. The third-order valence-electron chi connectivity index (χ3n) is 4.10. The molecule has 2 nitrogen and oxygen atoms in total. The monoisotopic (exact) mass is 249 g/mol. The van der Waals surface area contributed by atoms with Crippen molar-refractivity contribution in [1.29, 1.82) is 0 Å². The molecular formula is C15H20FNO. The van der Waals surface area contributed by atoms with Crippen LogP contribution in [0.4, 0.5) is 4.39 Å². The molecule has 3 heteroatoms. The van der Waals surface area contributed by atoms with Crippen LogP contribution in [0.1, 0.15) is 37.7 Å². The van der Waals surface area contributed by atoms with Gasteiger partial charge in [-0.25, -0.2) is 4.39 Å². The number of hydrogen-bond acceptors (Lipinski definition) is 2. The number of carbonyl (C=O) groups is 1. The number of ketones is 1. The third-order valence-corrected chi connectivity index (χ3v) is 4.10. The molecule has 0 radical (unpaired) electrons. The van der Waals surface area contributed by atoms with Gasteiger partial charge in [-0.3, -0.25) is 4.79 Å². The van der Waals surface area contributed by atoms with Crippen molar-refractivity contribution >= 4 is 5.78 Å². The lowest BCUT2D eigenvalue weighted by Crippen LogP contribution is -2.41. The van der Waals surface area contributed by atoms with E-state index in [-0.39, 0.29) is 18.0 Å². The maximum Gasteiger partial charge on any atom is 0.144 e. The number of benzene rings is 1. The minimum atomic E-state index is -0.402.